The molecule has 6 heteroatoms. The summed E-state index contributed by atoms with van der Waals surface area (Å²) in [6.45, 7) is 0. The van der Waals surface area contributed by atoms with Crippen LogP contribution in [0.25, 0.3) is 11.3 Å². The highest BCUT2D eigenvalue weighted by atomic mass is 79.9. The average molecular weight is 390 g/mol. The van der Waals surface area contributed by atoms with Crippen molar-refractivity contribution in [3.8, 4) is 17.0 Å². The predicted octanol–water partition coefficient (Wildman–Crippen LogP) is 4.84. The van der Waals surface area contributed by atoms with Gasteiger partial charge in [-0.15, -0.1) is 28.3 Å². The third-order valence-corrected chi connectivity index (χ3v) is 3.81. The molecule has 118 valence electrons. The van der Waals surface area contributed by atoms with Crippen molar-refractivity contribution >= 4 is 39.7 Å². The van der Waals surface area contributed by atoms with Gasteiger partial charge in [0.15, 0.2) is 0 Å². The van der Waals surface area contributed by atoms with Crippen molar-refractivity contribution in [1.29, 1.82) is 0 Å². The number of anilines is 1. The van der Waals surface area contributed by atoms with Gasteiger partial charge in [-0.25, -0.2) is 4.98 Å². The molecule has 0 unspecified atom stereocenters. The molecule has 1 heterocycles. The number of thiazole rings is 1. The molecule has 0 fully saturated rings. The minimum absolute atomic E-state index is 0. The van der Waals surface area contributed by atoms with Crippen molar-refractivity contribution in [2.75, 3.05) is 12.5 Å². The van der Waals surface area contributed by atoms with E-state index in [1.54, 1.807) is 13.3 Å². The summed E-state index contributed by atoms with van der Waals surface area (Å²) in [7, 11) is 1.65. The van der Waals surface area contributed by atoms with Crippen molar-refractivity contribution in [2.24, 2.45) is 5.10 Å². The van der Waals surface area contributed by atoms with E-state index in [9.17, 15) is 0 Å². The van der Waals surface area contributed by atoms with Gasteiger partial charge in [0.25, 0.3) is 0 Å². The lowest BCUT2D eigenvalue weighted by Gasteiger charge is -1.99. The Balaban J connectivity index is 0.00000192. The standard InChI is InChI=1S/C17H15N3OS.BrH/c1-21-15-9-7-13(8-10-15)11-18-20-17-19-16(12-22-17)14-5-3-2-4-6-14;/h2-12H,1H3,(H,19,20);1H/b18-11+;. The Morgan fingerprint density at radius 1 is 1.09 bits per heavy atom. The summed E-state index contributed by atoms with van der Waals surface area (Å²) in [5.74, 6) is 0.831. The Bertz CT molecular complexity index is 757. The molecule has 0 bridgehead atoms. The Kier molecular flexibility index (Phi) is 6.31. The van der Waals surface area contributed by atoms with Crippen LogP contribution in [0.15, 0.2) is 65.1 Å². The number of aromatic nitrogens is 1. The van der Waals surface area contributed by atoms with Crippen molar-refractivity contribution in [3.05, 3.63) is 65.5 Å². The van der Waals surface area contributed by atoms with Gasteiger partial charge in [-0.1, -0.05) is 30.3 Å². The fourth-order valence-electron chi connectivity index (χ4n) is 1.92. The number of hydrogen-bond donors (Lipinski definition) is 1. The van der Waals surface area contributed by atoms with Crippen LogP contribution in [0.1, 0.15) is 5.56 Å². The summed E-state index contributed by atoms with van der Waals surface area (Å²) in [4.78, 5) is 4.51. The van der Waals surface area contributed by atoms with Crippen LogP contribution < -0.4 is 10.2 Å². The first kappa shape index (κ1) is 17.2. The van der Waals surface area contributed by atoms with Crippen LogP contribution in [-0.2, 0) is 0 Å². The highest BCUT2D eigenvalue weighted by molar-refractivity contribution is 8.93. The molecule has 3 aromatic rings. The van der Waals surface area contributed by atoms with E-state index in [-0.39, 0.29) is 17.0 Å². The summed E-state index contributed by atoms with van der Waals surface area (Å²) in [5.41, 5.74) is 6.01. The molecule has 0 aliphatic rings. The minimum Gasteiger partial charge on any atom is -0.497 e. The van der Waals surface area contributed by atoms with Crippen LogP contribution in [-0.4, -0.2) is 18.3 Å². The van der Waals surface area contributed by atoms with E-state index in [0.717, 1.165) is 27.7 Å². The fraction of sp³-hybridized carbons (Fsp3) is 0.0588. The van der Waals surface area contributed by atoms with Gasteiger partial charge in [0.2, 0.25) is 5.13 Å². The Morgan fingerprint density at radius 3 is 2.52 bits per heavy atom. The molecule has 3 rings (SSSR count). The summed E-state index contributed by atoms with van der Waals surface area (Å²) >= 11 is 1.53. The zero-order valence-electron chi connectivity index (χ0n) is 12.5. The number of halogens is 1. The first-order valence-corrected chi connectivity index (χ1v) is 7.67. The SMILES string of the molecule is Br.COc1ccc(/C=N/Nc2nc(-c3ccccc3)cs2)cc1. The van der Waals surface area contributed by atoms with Crippen LogP contribution in [0.2, 0.25) is 0 Å². The van der Waals surface area contributed by atoms with Crippen LogP contribution in [0.5, 0.6) is 5.75 Å². The molecular weight excluding hydrogens is 374 g/mol. The number of hydrazone groups is 1. The molecule has 0 spiro atoms. The van der Waals surface area contributed by atoms with E-state index in [1.807, 2.05) is 60.0 Å². The number of ether oxygens (including phenoxy) is 1. The van der Waals surface area contributed by atoms with Gasteiger partial charge in [0, 0.05) is 10.9 Å². The molecule has 23 heavy (non-hydrogen) atoms. The number of benzene rings is 2. The van der Waals surface area contributed by atoms with E-state index >= 15 is 0 Å². The van der Waals surface area contributed by atoms with E-state index in [0.29, 0.717) is 0 Å². The summed E-state index contributed by atoms with van der Waals surface area (Å²) in [5, 5.41) is 6.99. The maximum atomic E-state index is 5.12. The average Bonchev–Trinajstić information content (AvgIpc) is 3.05. The largest absolute Gasteiger partial charge is 0.497 e. The first-order valence-electron chi connectivity index (χ1n) is 6.79. The van der Waals surface area contributed by atoms with Crippen LogP contribution in [0.3, 0.4) is 0 Å². The molecule has 1 aromatic heterocycles. The minimum atomic E-state index is 0. The van der Waals surface area contributed by atoms with Gasteiger partial charge in [-0.05, 0) is 29.8 Å². The number of rotatable bonds is 5. The lowest BCUT2D eigenvalue weighted by atomic mass is 10.2. The van der Waals surface area contributed by atoms with Crippen molar-refractivity contribution in [3.63, 3.8) is 0 Å². The van der Waals surface area contributed by atoms with Crippen molar-refractivity contribution < 1.29 is 4.74 Å². The second kappa shape index (κ2) is 8.45. The second-order valence-corrected chi connectivity index (χ2v) is 5.41. The predicted molar refractivity (Wildman–Crippen MR) is 102 cm³/mol. The smallest absolute Gasteiger partial charge is 0.203 e. The molecule has 0 saturated heterocycles. The quantitative estimate of drug-likeness (QED) is 0.501. The lowest BCUT2D eigenvalue weighted by Crippen LogP contribution is -1.90. The number of methoxy groups -OCH3 is 1. The third-order valence-electron chi connectivity index (χ3n) is 3.06. The van der Waals surface area contributed by atoms with Gasteiger partial charge < -0.3 is 4.74 Å². The maximum Gasteiger partial charge on any atom is 0.203 e. The Morgan fingerprint density at radius 2 is 1.83 bits per heavy atom. The summed E-state index contributed by atoms with van der Waals surface area (Å²) in [6, 6.07) is 17.8. The van der Waals surface area contributed by atoms with E-state index in [4.69, 9.17) is 4.74 Å². The monoisotopic (exact) mass is 389 g/mol. The molecule has 0 aliphatic carbocycles. The molecule has 2 aromatic carbocycles. The first-order chi connectivity index (χ1) is 10.8. The number of nitrogens with one attached hydrogen (secondary N) is 1. The fourth-order valence-corrected chi connectivity index (χ4v) is 2.59. The molecule has 0 saturated carbocycles. The van der Waals surface area contributed by atoms with Gasteiger partial charge in [0.05, 0.1) is 19.0 Å². The zero-order chi connectivity index (χ0) is 15.2. The van der Waals surface area contributed by atoms with Gasteiger partial charge in [-0.3, -0.25) is 5.43 Å². The van der Waals surface area contributed by atoms with Gasteiger partial charge in [-0.2, -0.15) is 5.10 Å². The Labute approximate surface area is 149 Å². The summed E-state index contributed by atoms with van der Waals surface area (Å²) < 4.78 is 5.12. The number of hydrogen-bond acceptors (Lipinski definition) is 5. The van der Waals surface area contributed by atoms with Crippen molar-refractivity contribution in [1.82, 2.24) is 4.98 Å². The summed E-state index contributed by atoms with van der Waals surface area (Å²) in [6.07, 6.45) is 1.75. The zero-order valence-corrected chi connectivity index (χ0v) is 15.0. The van der Waals surface area contributed by atoms with Crippen molar-refractivity contribution in [2.45, 2.75) is 0 Å². The molecule has 0 aliphatic heterocycles. The molecular formula is C17H16BrN3OS. The lowest BCUT2D eigenvalue weighted by molar-refractivity contribution is 0.415. The van der Waals surface area contributed by atoms with E-state index in [1.165, 1.54) is 11.3 Å². The normalized spacial score (nSPS) is 10.3. The number of nitrogens with zero attached hydrogens (tertiary/aromatic N) is 2. The Hall–Kier alpha value is -2.18. The van der Waals surface area contributed by atoms with Gasteiger partial charge >= 0.3 is 0 Å². The highest BCUT2D eigenvalue weighted by Gasteiger charge is 2.02. The molecule has 0 amide bonds. The van der Waals surface area contributed by atoms with Crippen LogP contribution in [0.4, 0.5) is 5.13 Å². The molecule has 1 N–H and O–H groups in total. The maximum absolute atomic E-state index is 5.12. The third kappa shape index (κ3) is 4.64. The molecule has 0 radical (unpaired) electrons. The second-order valence-electron chi connectivity index (χ2n) is 4.55. The highest BCUT2D eigenvalue weighted by Crippen LogP contribution is 2.24. The topological polar surface area (TPSA) is 46.5 Å². The van der Waals surface area contributed by atoms with E-state index < -0.39 is 0 Å². The van der Waals surface area contributed by atoms with Crippen LogP contribution >= 0.6 is 28.3 Å². The van der Waals surface area contributed by atoms with E-state index in [2.05, 4.69) is 15.5 Å². The van der Waals surface area contributed by atoms with Crippen LogP contribution in [0, 0.1) is 0 Å². The molecule has 0 atom stereocenters. The molecule has 4 nitrogen and oxygen atoms in total. The van der Waals surface area contributed by atoms with Gasteiger partial charge in [0.1, 0.15) is 5.75 Å².